The first-order valence-corrected chi connectivity index (χ1v) is 11.3. The maximum atomic E-state index is 12.8. The van der Waals surface area contributed by atoms with Crippen molar-refractivity contribution in [1.82, 2.24) is 10.2 Å². The van der Waals surface area contributed by atoms with E-state index in [0.717, 1.165) is 12.1 Å². The number of allylic oxidation sites excluding steroid dienone is 1. The Hall–Kier alpha value is -3.60. The topological polar surface area (TPSA) is 82.7 Å². The van der Waals surface area contributed by atoms with Crippen LogP contribution in [0.4, 0.5) is 29.3 Å². The van der Waals surface area contributed by atoms with Crippen LogP contribution in [0.15, 0.2) is 59.8 Å². The summed E-state index contributed by atoms with van der Waals surface area (Å²) in [6.45, 7) is 6.22. The molecule has 0 spiro atoms. The summed E-state index contributed by atoms with van der Waals surface area (Å²) in [6, 6.07) is 9.71. The van der Waals surface area contributed by atoms with Crippen LogP contribution < -0.4 is 16.0 Å². The standard InChI is InChI=1S/C24H25F3N4O3S/c1-4-31-14(3)19(21(32)34-5-2)20(30-23(31)35)15-7-6-8-18(13-15)29-22(33)28-17-11-9-16(10-12-17)24(25,26)27/h6-13,20H,4-5H2,1-3H3,(H,30,35)(H2,28,29,33). The van der Waals surface area contributed by atoms with Crippen molar-refractivity contribution in [1.29, 1.82) is 0 Å². The summed E-state index contributed by atoms with van der Waals surface area (Å²) in [5.41, 5.74) is 1.56. The van der Waals surface area contributed by atoms with Crippen LogP contribution in [0.25, 0.3) is 0 Å². The fourth-order valence-electron chi connectivity index (χ4n) is 3.72. The Morgan fingerprint density at radius 3 is 2.34 bits per heavy atom. The van der Waals surface area contributed by atoms with Gasteiger partial charge in [0.05, 0.1) is 23.8 Å². The minimum absolute atomic E-state index is 0.203. The Balaban J connectivity index is 1.81. The lowest BCUT2D eigenvalue weighted by Gasteiger charge is -2.37. The summed E-state index contributed by atoms with van der Waals surface area (Å²) in [4.78, 5) is 27.0. The molecule has 0 fully saturated rings. The van der Waals surface area contributed by atoms with Crippen molar-refractivity contribution >= 4 is 40.7 Å². The predicted molar refractivity (Wildman–Crippen MR) is 131 cm³/mol. The number of amides is 2. The zero-order valence-electron chi connectivity index (χ0n) is 19.3. The van der Waals surface area contributed by atoms with Gasteiger partial charge in [0.1, 0.15) is 0 Å². The molecule has 1 aliphatic heterocycles. The molecule has 7 nitrogen and oxygen atoms in total. The number of urea groups is 1. The molecule has 1 atom stereocenters. The highest BCUT2D eigenvalue weighted by molar-refractivity contribution is 7.80. The Morgan fingerprint density at radius 2 is 1.74 bits per heavy atom. The largest absolute Gasteiger partial charge is 0.463 e. The van der Waals surface area contributed by atoms with Gasteiger partial charge in [-0.3, -0.25) is 0 Å². The van der Waals surface area contributed by atoms with E-state index in [1.807, 2.05) is 6.92 Å². The second-order valence-electron chi connectivity index (χ2n) is 7.63. The molecule has 0 bridgehead atoms. The van der Waals surface area contributed by atoms with Crippen LogP contribution in [0.1, 0.15) is 37.9 Å². The van der Waals surface area contributed by atoms with Gasteiger partial charge >= 0.3 is 18.2 Å². The van der Waals surface area contributed by atoms with Crippen LogP contribution in [0.5, 0.6) is 0 Å². The number of thiocarbonyl (C=S) groups is 1. The molecule has 0 saturated heterocycles. The van der Waals surface area contributed by atoms with Gasteiger partial charge in [-0.1, -0.05) is 12.1 Å². The van der Waals surface area contributed by atoms with E-state index in [4.69, 9.17) is 17.0 Å². The quantitative estimate of drug-likeness (QED) is 0.358. The normalized spacial score (nSPS) is 16.0. The van der Waals surface area contributed by atoms with E-state index in [0.29, 0.717) is 34.2 Å². The smallest absolute Gasteiger partial charge is 0.416 e. The van der Waals surface area contributed by atoms with Crippen molar-refractivity contribution in [3.8, 4) is 0 Å². The van der Waals surface area contributed by atoms with Crippen molar-refractivity contribution in [2.24, 2.45) is 0 Å². The van der Waals surface area contributed by atoms with Crippen LogP contribution in [0.2, 0.25) is 0 Å². The number of carbonyl (C=O) groups is 2. The molecule has 11 heteroatoms. The van der Waals surface area contributed by atoms with Gasteiger partial charge in [-0.25, -0.2) is 9.59 Å². The van der Waals surface area contributed by atoms with E-state index < -0.39 is 29.8 Å². The predicted octanol–water partition coefficient (Wildman–Crippen LogP) is 5.44. The maximum absolute atomic E-state index is 12.8. The Labute approximate surface area is 206 Å². The summed E-state index contributed by atoms with van der Waals surface area (Å²) in [5, 5.41) is 8.78. The van der Waals surface area contributed by atoms with E-state index in [9.17, 15) is 22.8 Å². The third-order valence-electron chi connectivity index (χ3n) is 5.36. The van der Waals surface area contributed by atoms with Crippen LogP contribution in [0, 0.1) is 0 Å². The van der Waals surface area contributed by atoms with Crippen LogP contribution in [-0.2, 0) is 15.7 Å². The number of carbonyl (C=O) groups excluding carboxylic acids is 2. The number of nitrogens with one attached hydrogen (secondary N) is 3. The molecular weight excluding hydrogens is 481 g/mol. The number of benzene rings is 2. The average molecular weight is 507 g/mol. The second kappa shape index (κ2) is 10.8. The average Bonchev–Trinajstić information content (AvgIpc) is 2.79. The van der Waals surface area contributed by atoms with E-state index >= 15 is 0 Å². The molecule has 1 unspecified atom stereocenters. The number of alkyl halides is 3. The van der Waals surface area contributed by atoms with Gasteiger partial charge in [0, 0.05) is 23.6 Å². The molecule has 3 N–H and O–H groups in total. The SMILES string of the molecule is CCOC(=O)C1=C(C)N(CC)C(=S)NC1c1cccc(NC(=O)Nc2ccc(C(F)(F)F)cc2)c1. The molecule has 1 aliphatic rings. The third-order valence-corrected chi connectivity index (χ3v) is 5.69. The van der Waals surface area contributed by atoms with Crippen LogP contribution in [-0.4, -0.2) is 35.2 Å². The zero-order valence-corrected chi connectivity index (χ0v) is 20.1. The van der Waals surface area contributed by atoms with Gasteiger partial charge in [-0.15, -0.1) is 0 Å². The number of esters is 1. The third kappa shape index (κ3) is 6.10. The molecule has 2 amide bonds. The summed E-state index contributed by atoms with van der Waals surface area (Å²) >= 11 is 5.47. The molecule has 186 valence electrons. The van der Waals surface area contributed by atoms with Crippen molar-refractivity contribution in [3.05, 3.63) is 70.9 Å². The first-order chi connectivity index (χ1) is 16.5. The summed E-state index contributed by atoms with van der Waals surface area (Å²) in [7, 11) is 0. The Bertz CT molecular complexity index is 1150. The first kappa shape index (κ1) is 26.0. The molecular formula is C24H25F3N4O3S. The number of rotatable bonds is 6. The highest BCUT2D eigenvalue weighted by Crippen LogP contribution is 2.33. The fraction of sp³-hybridized carbons (Fsp3) is 0.292. The second-order valence-corrected chi connectivity index (χ2v) is 8.01. The lowest BCUT2D eigenvalue weighted by atomic mass is 9.94. The van der Waals surface area contributed by atoms with E-state index in [1.165, 1.54) is 12.1 Å². The number of hydrogen-bond donors (Lipinski definition) is 3. The molecule has 3 rings (SSSR count). The Morgan fingerprint density at radius 1 is 1.09 bits per heavy atom. The molecule has 0 saturated carbocycles. The van der Waals surface area contributed by atoms with Gasteiger partial charge in [-0.05, 0) is 75.0 Å². The van der Waals surface area contributed by atoms with Crippen molar-refractivity contribution in [3.63, 3.8) is 0 Å². The summed E-state index contributed by atoms with van der Waals surface area (Å²) in [6.07, 6.45) is -4.46. The van der Waals surface area contributed by atoms with Crippen molar-refractivity contribution < 1.29 is 27.5 Å². The van der Waals surface area contributed by atoms with Gasteiger partial charge < -0.3 is 25.6 Å². The highest BCUT2D eigenvalue weighted by atomic mass is 32.1. The van der Waals surface area contributed by atoms with E-state index in [-0.39, 0.29) is 12.3 Å². The highest BCUT2D eigenvalue weighted by Gasteiger charge is 2.34. The molecule has 2 aromatic rings. The minimum atomic E-state index is -4.46. The van der Waals surface area contributed by atoms with Gasteiger partial charge in [-0.2, -0.15) is 13.2 Å². The van der Waals surface area contributed by atoms with E-state index in [2.05, 4.69) is 16.0 Å². The van der Waals surface area contributed by atoms with Crippen molar-refractivity contribution in [2.75, 3.05) is 23.8 Å². The molecule has 35 heavy (non-hydrogen) atoms. The van der Waals surface area contributed by atoms with E-state index in [1.54, 1.807) is 43.0 Å². The molecule has 0 aromatic heterocycles. The van der Waals surface area contributed by atoms with Crippen LogP contribution >= 0.6 is 12.2 Å². The molecule has 1 heterocycles. The lowest BCUT2D eigenvalue weighted by Crippen LogP contribution is -2.47. The number of nitrogens with zero attached hydrogens (tertiary/aromatic N) is 1. The monoisotopic (exact) mass is 506 g/mol. The number of halogens is 3. The summed E-state index contributed by atoms with van der Waals surface area (Å²) in [5.74, 6) is -0.471. The van der Waals surface area contributed by atoms with Crippen LogP contribution in [0.3, 0.4) is 0 Å². The minimum Gasteiger partial charge on any atom is -0.463 e. The fourth-order valence-corrected chi connectivity index (χ4v) is 4.10. The molecule has 0 radical (unpaired) electrons. The van der Waals surface area contributed by atoms with Gasteiger partial charge in [0.15, 0.2) is 5.11 Å². The van der Waals surface area contributed by atoms with Gasteiger partial charge in [0.2, 0.25) is 0 Å². The van der Waals surface area contributed by atoms with Crippen molar-refractivity contribution in [2.45, 2.75) is 33.0 Å². The number of ether oxygens (including phenoxy) is 1. The molecule has 0 aliphatic carbocycles. The maximum Gasteiger partial charge on any atom is 0.416 e. The summed E-state index contributed by atoms with van der Waals surface area (Å²) < 4.78 is 43.4. The van der Waals surface area contributed by atoms with Gasteiger partial charge in [0.25, 0.3) is 0 Å². The first-order valence-electron chi connectivity index (χ1n) is 10.9. The number of hydrogen-bond acceptors (Lipinski definition) is 4. The zero-order chi connectivity index (χ0) is 25.8. The number of anilines is 2. The molecule has 2 aromatic carbocycles. The Kier molecular flexibility index (Phi) is 8.00. The lowest BCUT2D eigenvalue weighted by molar-refractivity contribution is -0.139.